The summed E-state index contributed by atoms with van der Waals surface area (Å²) in [5.74, 6) is 1.98. The van der Waals surface area contributed by atoms with Gasteiger partial charge in [0.2, 0.25) is 5.91 Å². The molecule has 2 aromatic heterocycles. The molecule has 9 heteroatoms. The Morgan fingerprint density at radius 1 is 0.840 bits per heavy atom. The number of likely N-dealkylation sites (tertiary alicyclic amines) is 1. The van der Waals surface area contributed by atoms with Crippen LogP contribution in [0.15, 0.2) is 73.1 Å². The molecular formula is C41H50N4O4S. The largest absolute Gasteiger partial charge is 0.368 e. The number of carbonyl (C=O) groups is 2. The second-order valence-corrected chi connectivity index (χ2v) is 16.6. The van der Waals surface area contributed by atoms with Gasteiger partial charge in [-0.2, -0.15) is 0 Å². The molecular weight excluding hydrogens is 645 g/mol. The van der Waals surface area contributed by atoms with Gasteiger partial charge in [0.25, 0.3) is 5.91 Å². The fourth-order valence-corrected chi connectivity index (χ4v) is 8.08. The third kappa shape index (κ3) is 8.33. The fourth-order valence-electron chi connectivity index (χ4n) is 7.11. The predicted octanol–water partition coefficient (Wildman–Crippen LogP) is 7.21. The molecule has 264 valence electrons. The van der Waals surface area contributed by atoms with E-state index in [1.807, 2.05) is 42.7 Å². The van der Waals surface area contributed by atoms with Gasteiger partial charge < -0.3 is 20.4 Å². The summed E-state index contributed by atoms with van der Waals surface area (Å²) in [5, 5.41) is 22.0. The first-order valence-corrected chi connectivity index (χ1v) is 18.7. The fraction of sp³-hybridized carbons (Fsp3) is 0.463. The molecule has 2 fully saturated rings. The van der Waals surface area contributed by atoms with E-state index in [1.54, 1.807) is 11.0 Å². The van der Waals surface area contributed by atoms with Gasteiger partial charge in [-0.3, -0.25) is 9.59 Å². The molecule has 8 nitrogen and oxygen atoms in total. The number of hydrogen-bond acceptors (Lipinski definition) is 7. The van der Waals surface area contributed by atoms with E-state index >= 15 is 0 Å². The molecule has 1 saturated heterocycles. The third-order valence-electron chi connectivity index (χ3n) is 10.5. The van der Waals surface area contributed by atoms with Gasteiger partial charge in [-0.25, -0.2) is 9.97 Å². The summed E-state index contributed by atoms with van der Waals surface area (Å²) in [4.78, 5) is 39.4. The van der Waals surface area contributed by atoms with Crippen LogP contribution < -0.4 is 5.32 Å². The molecule has 0 unspecified atom stereocenters. The van der Waals surface area contributed by atoms with Gasteiger partial charge >= 0.3 is 0 Å². The number of benzene rings is 2. The lowest BCUT2D eigenvalue weighted by Gasteiger charge is -2.41. The maximum Gasteiger partial charge on any atom is 0.262 e. The second kappa shape index (κ2) is 15.1. The molecule has 0 spiro atoms. The Hall–Kier alpha value is -3.92. The number of aliphatic hydroxyl groups is 2. The molecule has 0 bridgehead atoms. The van der Waals surface area contributed by atoms with E-state index in [9.17, 15) is 19.8 Å². The summed E-state index contributed by atoms with van der Waals surface area (Å²) < 4.78 is 0. The van der Waals surface area contributed by atoms with Crippen molar-refractivity contribution in [1.29, 1.82) is 0 Å². The van der Waals surface area contributed by atoms with Gasteiger partial charge in [-0.1, -0.05) is 83.1 Å². The van der Waals surface area contributed by atoms with Crippen LogP contribution in [0.25, 0.3) is 22.5 Å². The van der Waals surface area contributed by atoms with Gasteiger partial charge in [0, 0.05) is 53.8 Å². The first-order valence-electron chi connectivity index (χ1n) is 17.9. The topological polar surface area (TPSA) is 116 Å². The lowest BCUT2D eigenvalue weighted by atomic mass is 9.75. The number of nitrogens with zero attached hydrogens (tertiary/aromatic N) is 3. The summed E-state index contributed by atoms with van der Waals surface area (Å²) in [7, 11) is 0. The van der Waals surface area contributed by atoms with Crippen molar-refractivity contribution in [3.63, 3.8) is 0 Å². The molecule has 4 aromatic rings. The van der Waals surface area contributed by atoms with Crippen molar-refractivity contribution in [3.05, 3.63) is 93.9 Å². The first-order chi connectivity index (χ1) is 23.9. The molecule has 2 amide bonds. The van der Waals surface area contributed by atoms with E-state index in [0.29, 0.717) is 23.0 Å². The van der Waals surface area contributed by atoms with Crippen molar-refractivity contribution in [3.8, 4) is 22.5 Å². The van der Waals surface area contributed by atoms with Crippen LogP contribution in [0.4, 0.5) is 0 Å². The Morgan fingerprint density at radius 3 is 2.02 bits per heavy atom. The molecule has 6 rings (SSSR count). The van der Waals surface area contributed by atoms with Crippen LogP contribution in [-0.4, -0.2) is 62.3 Å². The van der Waals surface area contributed by atoms with Crippen molar-refractivity contribution < 1.29 is 19.8 Å². The quantitative estimate of drug-likeness (QED) is 0.151. The van der Waals surface area contributed by atoms with E-state index in [-0.39, 0.29) is 36.2 Å². The molecule has 3 heterocycles. The van der Waals surface area contributed by atoms with E-state index in [1.165, 1.54) is 42.6 Å². The minimum atomic E-state index is -1.47. The van der Waals surface area contributed by atoms with E-state index in [4.69, 9.17) is 0 Å². The lowest BCUT2D eigenvalue weighted by Crippen LogP contribution is -2.59. The van der Waals surface area contributed by atoms with Crippen molar-refractivity contribution in [2.45, 2.75) is 90.4 Å². The highest BCUT2D eigenvalue weighted by Crippen LogP contribution is 2.39. The number of aromatic nitrogens is 2. The Kier molecular flexibility index (Phi) is 10.9. The highest BCUT2D eigenvalue weighted by atomic mass is 32.1. The zero-order valence-electron chi connectivity index (χ0n) is 29.8. The maximum atomic E-state index is 13.5. The normalized spacial score (nSPS) is 19.0. The van der Waals surface area contributed by atoms with E-state index in [2.05, 4.69) is 74.2 Å². The summed E-state index contributed by atoms with van der Waals surface area (Å²) in [6, 6.07) is 19.6. The Bertz CT molecular complexity index is 1750. The van der Waals surface area contributed by atoms with Gasteiger partial charge in [0.15, 0.2) is 12.1 Å². The number of amides is 2. The zero-order valence-corrected chi connectivity index (χ0v) is 30.6. The number of nitrogens with one attached hydrogen (secondary N) is 1. The summed E-state index contributed by atoms with van der Waals surface area (Å²) in [5.41, 5.74) is 5.15. The van der Waals surface area contributed by atoms with Crippen molar-refractivity contribution in [2.75, 3.05) is 13.1 Å². The van der Waals surface area contributed by atoms with Gasteiger partial charge in [0.05, 0.1) is 4.88 Å². The molecule has 3 N–H and O–H groups in total. The van der Waals surface area contributed by atoms with E-state index in [0.717, 1.165) is 39.0 Å². The van der Waals surface area contributed by atoms with Crippen LogP contribution in [0, 0.1) is 17.8 Å². The molecule has 50 heavy (non-hydrogen) atoms. The Morgan fingerprint density at radius 2 is 1.46 bits per heavy atom. The molecule has 2 aliphatic rings. The van der Waals surface area contributed by atoms with Crippen LogP contribution >= 0.6 is 11.3 Å². The van der Waals surface area contributed by atoms with Gasteiger partial charge in [-0.05, 0) is 77.7 Å². The number of aliphatic hydroxyl groups excluding tert-OH is 1. The predicted molar refractivity (Wildman–Crippen MR) is 199 cm³/mol. The smallest absolute Gasteiger partial charge is 0.262 e. The average Bonchev–Trinajstić information content (AvgIpc) is 3.60. The van der Waals surface area contributed by atoms with Gasteiger partial charge in [-0.15, -0.1) is 11.3 Å². The zero-order chi connectivity index (χ0) is 35.6. The molecule has 1 aliphatic heterocycles. The number of hydrogen-bond donors (Lipinski definition) is 3. The SMILES string of the molecule is CC(C)C1CCC(c2ccc(-c3cnc(-c4ccc(C[C@H](NC(=O)c5ccc(C(C)(C)C)s5)C(=O)N5CC(C(O)O)C5)cc4)nc3)cc2)CC1. The summed E-state index contributed by atoms with van der Waals surface area (Å²) in [6.07, 6.45) is 7.73. The maximum absolute atomic E-state index is 13.5. The average molecular weight is 695 g/mol. The molecule has 2 aromatic carbocycles. The molecule has 1 saturated carbocycles. The minimum absolute atomic E-state index is 0.0837. The van der Waals surface area contributed by atoms with Crippen LogP contribution in [-0.2, 0) is 16.6 Å². The van der Waals surface area contributed by atoms with Crippen molar-refractivity contribution in [1.82, 2.24) is 20.2 Å². The van der Waals surface area contributed by atoms with Crippen LogP contribution in [0.3, 0.4) is 0 Å². The minimum Gasteiger partial charge on any atom is -0.368 e. The van der Waals surface area contributed by atoms with Crippen LogP contribution in [0.5, 0.6) is 0 Å². The van der Waals surface area contributed by atoms with Crippen molar-refractivity contribution in [2.24, 2.45) is 17.8 Å². The van der Waals surface area contributed by atoms with Crippen molar-refractivity contribution >= 4 is 23.2 Å². The van der Waals surface area contributed by atoms with E-state index < -0.39 is 12.3 Å². The highest BCUT2D eigenvalue weighted by Gasteiger charge is 2.38. The number of carbonyl (C=O) groups excluding carboxylic acids is 2. The number of rotatable bonds is 10. The molecule has 1 atom stereocenters. The Balaban J connectivity index is 1.10. The lowest BCUT2D eigenvalue weighted by molar-refractivity contribution is -0.157. The summed E-state index contributed by atoms with van der Waals surface area (Å²) >= 11 is 1.43. The van der Waals surface area contributed by atoms with Crippen LogP contribution in [0.1, 0.15) is 91.9 Å². The first kappa shape index (κ1) is 35.9. The van der Waals surface area contributed by atoms with Crippen LogP contribution in [0.2, 0.25) is 0 Å². The monoisotopic (exact) mass is 694 g/mol. The second-order valence-electron chi connectivity index (χ2n) is 15.5. The molecule has 1 aliphatic carbocycles. The Labute approximate surface area is 300 Å². The standard InChI is InChI=1S/C41H50N4O4S/c1-25(2)27-10-12-28(13-11-27)29-14-16-30(17-15-29)32-21-42-37(43-22-32)31-8-6-26(7-9-31)20-34(39(47)45-23-33(24-45)40(48)49)44-38(46)35-18-19-36(50-35)41(3,4)5/h6-9,14-19,21-22,25,27-28,33-34,40,48-49H,10-13,20,23-24H2,1-5H3,(H,44,46)/t27?,28?,34-/m0/s1. The highest BCUT2D eigenvalue weighted by molar-refractivity contribution is 7.14. The van der Waals surface area contributed by atoms with Gasteiger partial charge in [0.1, 0.15) is 6.04 Å². The number of thiophene rings is 1. The molecule has 0 radical (unpaired) electrons. The summed E-state index contributed by atoms with van der Waals surface area (Å²) in [6.45, 7) is 11.5. The third-order valence-corrected chi connectivity index (χ3v) is 12.1.